The van der Waals surface area contributed by atoms with Gasteiger partial charge in [-0.3, -0.25) is 23.4 Å². The number of ether oxygens (including phenoxy) is 3. The van der Waals surface area contributed by atoms with E-state index >= 15 is 0 Å². The average Bonchev–Trinajstić information content (AvgIpc) is 3.39. The van der Waals surface area contributed by atoms with E-state index in [1.54, 1.807) is 0 Å². The van der Waals surface area contributed by atoms with Gasteiger partial charge in [0, 0.05) is 19.3 Å². The number of hydrogen-bond donors (Lipinski definition) is 2. The van der Waals surface area contributed by atoms with Crippen LogP contribution in [0.2, 0.25) is 0 Å². The molecular formula is C62H111O11P. The summed E-state index contributed by atoms with van der Waals surface area (Å²) in [5.74, 6) is -1.55. The largest absolute Gasteiger partial charge is 0.472 e. The molecule has 2 N–H and O–H groups in total. The molecule has 3 atom stereocenters. The molecule has 12 heteroatoms. The number of phosphoric ester groups is 1. The molecule has 0 bridgehead atoms. The van der Waals surface area contributed by atoms with Gasteiger partial charge in [0.15, 0.2) is 6.10 Å². The molecule has 0 saturated carbocycles. The maximum atomic E-state index is 12.9. The maximum Gasteiger partial charge on any atom is 0.472 e. The molecule has 3 unspecified atom stereocenters. The van der Waals surface area contributed by atoms with Crippen LogP contribution >= 0.6 is 7.82 Å². The fraction of sp³-hybridized carbons (Fsp3) is 0.790. The minimum atomic E-state index is -4.76. The van der Waals surface area contributed by atoms with Gasteiger partial charge in [0.2, 0.25) is 0 Å². The van der Waals surface area contributed by atoms with Crippen molar-refractivity contribution in [3.8, 4) is 0 Å². The summed E-state index contributed by atoms with van der Waals surface area (Å²) in [6, 6.07) is 0. The molecule has 0 rings (SSSR count). The van der Waals surface area contributed by atoms with E-state index in [2.05, 4.69) is 69.4 Å². The highest BCUT2D eigenvalue weighted by Crippen LogP contribution is 2.43. The lowest BCUT2D eigenvalue weighted by Crippen LogP contribution is -2.30. The number of esters is 3. The van der Waals surface area contributed by atoms with Gasteiger partial charge in [0.25, 0.3) is 0 Å². The van der Waals surface area contributed by atoms with E-state index in [1.165, 1.54) is 154 Å². The summed E-state index contributed by atoms with van der Waals surface area (Å²) in [4.78, 5) is 48.5. The van der Waals surface area contributed by atoms with E-state index in [4.69, 9.17) is 23.3 Å². The normalized spacial score (nSPS) is 13.7. The van der Waals surface area contributed by atoms with Crippen molar-refractivity contribution in [2.24, 2.45) is 0 Å². The molecule has 74 heavy (non-hydrogen) atoms. The second kappa shape index (κ2) is 56.4. The minimum Gasteiger partial charge on any atom is -0.462 e. The molecule has 0 spiro atoms. The highest BCUT2D eigenvalue weighted by atomic mass is 31.2. The average molecular weight is 1060 g/mol. The molecule has 0 aliphatic heterocycles. The van der Waals surface area contributed by atoms with Crippen molar-refractivity contribution >= 4 is 25.7 Å². The van der Waals surface area contributed by atoms with Crippen LogP contribution in [0.3, 0.4) is 0 Å². The molecule has 0 aromatic carbocycles. The summed E-state index contributed by atoms with van der Waals surface area (Å²) in [7, 11) is -4.76. The van der Waals surface area contributed by atoms with Crippen LogP contribution in [0.1, 0.15) is 278 Å². The van der Waals surface area contributed by atoms with Gasteiger partial charge in [-0.2, -0.15) is 0 Å². The lowest BCUT2D eigenvalue weighted by Gasteiger charge is -2.21. The molecule has 0 aromatic heterocycles. The Morgan fingerprint density at radius 1 is 0.392 bits per heavy atom. The van der Waals surface area contributed by atoms with E-state index in [-0.39, 0.29) is 25.9 Å². The summed E-state index contributed by atoms with van der Waals surface area (Å²) in [6.45, 7) is 4.48. The summed E-state index contributed by atoms with van der Waals surface area (Å²) in [6.07, 6.45) is 62.0. The number of phosphoric acid groups is 1. The Bertz CT molecular complexity index is 1470. The number of unbranched alkanes of at least 4 members (excludes halogenated alkanes) is 29. The quantitative estimate of drug-likeness (QED) is 0.0197. The lowest BCUT2D eigenvalue weighted by molar-refractivity contribution is -0.161. The maximum absolute atomic E-state index is 12.9. The third kappa shape index (κ3) is 54.0. The first-order valence-corrected chi connectivity index (χ1v) is 31.7. The predicted octanol–water partition coefficient (Wildman–Crippen LogP) is 17.9. The Balaban J connectivity index is 4.72. The van der Waals surface area contributed by atoms with E-state index in [0.717, 1.165) is 64.2 Å². The Hall–Kier alpha value is -2.82. The fourth-order valence-corrected chi connectivity index (χ4v) is 9.15. The number of rotatable bonds is 56. The number of carbonyl (C=O) groups is 3. The van der Waals surface area contributed by atoms with Gasteiger partial charge in [-0.25, -0.2) is 4.57 Å². The minimum absolute atomic E-state index is 0.106. The summed E-state index contributed by atoms with van der Waals surface area (Å²) in [5, 5.41) is 9.82. The third-order valence-electron chi connectivity index (χ3n) is 12.9. The van der Waals surface area contributed by atoms with Crippen LogP contribution in [0.15, 0.2) is 60.8 Å². The first-order valence-electron chi connectivity index (χ1n) is 30.2. The van der Waals surface area contributed by atoms with Gasteiger partial charge >= 0.3 is 25.7 Å². The third-order valence-corrected chi connectivity index (χ3v) is 13.9. The zero-order valence-electron chi connectivity index (χ0n) is 47.6. The van der Waals surface area contributed by atoms with E-state index in [1.807, 2.05) is 12.2 Å². The van der Waals surface area contributed by atoms with E-state index < -0.39 is 57.8 Å². The van der Waals surface area contributed by atoms with Gasteiger partial charge in [-0.15, -0.1) is 0 Å². The number of allylic oxidation sites excluding steroid dienone is 10. The molecule has 0 radical (unpaired) electrons. The van der Waals surface area contributed by atoms with Crippen LogP contribution in [-0.4, -0.2) is 66.5 Å². The van der Waals surface area contributed by atoms with Crippen molar-refractivity contribution in [2.45, 2.75) is 290 Å². The Morgan fingerprint density at radius 3 is 1.14 bits per heavy atom. The molecule has 11 nitrogen and oxygen atoms in total. The number of hydrogen-bond acceptors (Lipinski definition) is 10. The number of carbonyl (C=O) groups excluding carboxylic acids is 3. The second-order valence-corrected chi connectivity index (χ2v) is 21.6. The van der Waals surface area contributed by atoms with Crippen LogP contribution in [0, 0.1) is 0 Å². The van der Waals surface area contributed by atoms with Crippen molar-refractivity contribution in [1.82, 2.24) is 0 Å². The van der Waals surface area contributed by atoms with Gasteiger partial charge < -0.3 is 24.2 Å². The van der Waals surface area contributed by atoms with Crippen LogP contribution in [0.5, 0.6) is 0 Å². The smallest absolute Gasteiger partial charge is 0.462 e. The SMILES string of the molecule is CC/C=C\C/C=C\C/C=C\C/C=C\CCC(=O)OCC(COP(=O)(O)OCC(CO)OC(=O)CCCCCCCCCCCCCCCCC)OC(=O)CCCCCCCCCCC/C=C\CCCCCCCC. The fourth-order valence-electron chi connectivity index (χ4n) is 8.37. The Labute approximate surface area is 453 Å². The molecule has 0 fully saturated rings. The molecule has 0 saturated heterocycles. The predicted molar refractivity (Wildman–Crippen MR) is 307 cm³/mol. The van der Waals surface area contributed by atoms with Crippen molar-refractivity contribution < 1.29 is 52.2 Å². The lowest BCUT2D eigenvalue weighted by atomic mass is 10.0. The highest BCUT2D eigenvalue weighted by molar-refractivity contribution is 7.47. The first-order chi connectivity index (χ1) is 36.2. The molecule has 0 amide bonds. The van der Waals surface area contributed by atoms with Crippen LogP contribution < -0.4 is 0 Å². The standard InChI is InChI=1S/C62H111O11P/c1-4-7-10-13-16-19-22-25-27-28-29-30-32-35-38-41-44-47-50-53-62(66)73-59(55-69-60(64)51-48-45-42-39-36-33-24-21-18-15-12-9-6-3)57-71-74(67,68)70-56-58(54-63)72-61(65)52-49-46-43-40-37-34-31-26-23-20-17-14-11-8-5-2/h9,12,18,21,25,27,33,36,42,45,58-59,63H,4-8,10-11,13-17,19-20,22-24,26,28-32,34-35,37-41,43-44,46-57H2,1-3H3,(H,67,68)/b12-9-,21-18-,27-25-,36-33-,45-42-. The number of aliphatic hydroxyl groups is 1. The molecular weight excluding hydrogens is 952 g/mol. The Morgan fingerprint density at radius 2 is 0.730 bits per heavy atom. The van der Waals surface area contributed by atoms with Crippen molar-refractivity contribution in [1.29, 1.82) is 0 Å². The first kappa shape index (κ1) is 71.2. The van der Waals surface area contributed by atoms with E-state index in [9.17, 15) is 28.9 Å². The van der Waals surface area contributed by atoms with Crippen LogP contribution in [0.25, 0.3) is 0 Å². The highest BCUT2D eigenvalue weighted by Gasteiger charge is 2.28. The second-order valence-electron chi connectivity index (χ2n) is 20.1. The molecule has 0 aliphatic carbocycles. The van der Waals surface area contributed by atoms with Crippen molar-refractivity contribution in [2.75, 3.05) is 26.4 Å². The zero-order valence-corrected chi connectivity index (χ0v) is 48.5. The molecule has 0 aliphatic rings. The topological polar surface area (TPSA) is 155 Å². The van der Waals surface area contributed by atoms with E-state index in [0.29, 0.717) is 19.3 Å². The van der Waals surface area contributed by atoms with Crippen LogP contribution in [0.4, 0.5) is 0 Å². The molecule has 0 aromatic rings. The van der Waals surface area contributed by atoms with Gasteiger partial charge in [0.05, 0.1) is 19.8 Å². The van der Waals surface area contributed by atoms with Crippen molar-refractivity contribution in [3.05, 3.63) is 60.8 Å². The van der Waals surface area contributed by atoms with Gasteiger partial charge in [-0.05, 0) is 70.6 Å². The zero-order chi connectivity index (χ0) is 54.1. The monoisotopic (exact) mass is 1060 g/mol. The Kier molecular flexibility index (Phi) is 54.2. The summed E-state index contributed by atoms with van der Waals surface area (Å²) in [5.41, 5.74) is 0. The molecule has 0 heterocycles. The van der Waals surface area contributed by atoms with Gasteiger partial charge in [-0.1, -0.05) is 248 Å². The number of aliphatic hydroxyl groups excluding tert-OH is 1. The van der Waals surface area contributed by atoms with Crippen molar-refractivity contribution in [3.63, 3.8) is 0 Å². The summed E-state index contributed by atoms with van der Waals surface area (Å²) < 4.78 is 39.5. The van der Waals surface area contributed by atoms with Crippen LogP contribution in [-0.2, 0) is 42.2 Å². The molecule has 430 valence electrons. The van der Waals surface area contributed by atoms with Gasteiger partial charge in [0.1, 0.15) is 12.7 Å². The summed E-state index contributed by atoms with van der Waals surface area (Å²) >= 11 is 0.